The largest absolute Gasteiger partial charge is 0.481 e. The Labute approximate surface area is 431 Å². The predicted octanol–water partition coefficient (Wildman–Crippen LogP) is -5.98. The Morgan fingerprint density at radius 1 is 0.387 bits per heavy atom. The minimum Gasteiger partial charge on any atom is -0.481 e. The Bertz CT molecular complexity index is 1970. The number of hydrogen-bond acceptors (Lipinski definition) is 18. The molecule has 0 aliphatic rings. The number of aliphatic carboxylic acids is 5. The van der Waals surface area contributed by atoms with Crippen molar-refractivity contribution in [2.24, 2.45) is 23.1 Å². The van der Waals surface area contributed by atoms with E-state index in [1.165, 1.54) is 13.8 Å². The maximum Gasteiger partial charge on any atom is 0.326 e. The van der Waals surface area contributed by atoms with Gasteiger partial charge in [-0.1, -0.05) is 20.3 Å². The van der Waals surface area contributed by atoms with E-state index in [2.05, 4.69) is 37.2 Å². The van der Waals surface area contributed by atoms with Gasteiger partial charge in [0.05, 0.1) is 18.8 Å². The molecule has 0 aliphatic heterocycles. The first-order chi connectivity index (χ1) is 35.1. The highest BCUT2D eigenvalue weighted by atomic mass is 16.4. The van der Waals surface area contributed by atoms with Gasteiger partial charge in [0.25, 0.3) is 0 Å². The fraction of sp³-hybridized carbons (Fsp3) is 0.705. The van der Waals surface area contributed by atoms with Gasteiger partial charge in [0.1, 0.15) is 48.3 Å². The van der Waals surface area contributed by atoms with E-state index < -0.39 is 201 Å². The van der Waals surface area contributed by atoms with Gasteiger partial charge in [0, 0.05) is 25.7 Å². The zero-order valence-corrected chi connectivity index (χ0v) is 42.0. The summed E-state index contributed by atoms with van der Waals surface area (Å²) in [5.74, 6) is -17.4. The third-order valence-electron chi connectivity index (χ3n) is 11.1. The van der Waals surface area contributed by atoms with Crippen LogP contribution < -0.4 is 59.7 Å². The van der Waals surface area contributed by atoms with Crippen LogP contribution in [0.3, 0.4) is 0 Å². The zero-order chi connectivity index (χ0) is 57.5. The van der Waals surface area contributed by atoms with Gasteiger partial charge in [-0.2, -0.15) is 0 Å². The van der Waals surface area contributed by atoms with Gasteiger partial charge >= 0.3 is 29.8 Å². The number of aliphatic hydroxyl groups excluding tert-OH is 2. The van der Waals surface area contributed by atoms with E-state index in [1.807, 2.05) is 5.32 Å². The normalized spacial score (nSPS) is 15.1. The molecule has 0 saturated heterocycles. The molecule has 0 heterocycles. The van der Waals surface area contributed by atoms with E-state index >= 15 is 0 Å². The molecule has 21 N–H and O–H groups in total. The number of carbonyl (C=O) groups excluding carboxylic acids is 8. The summed E-state index contributed by atoms with van der Waals surface area (Å²) in [6.07, 6.45) is -5.57. The second-order valence-electron chi connectivity index (χ2n) is 17.8. The molecular weight excluding hydrogens is 1000 g/mol. The van der Waals surface area contributed by atoms with Gasteiger partial charge in [-0.05, 0) is 83.7 Å². The van der Waals surface area contributed by atoms with Crippen molar-refractivity contribution in [2.75, 3.05) is 19.7 Å². The molecule has 31 nitrogen and oxygen atoms in total. The van der Waals surface area contributed by atoms with Crippen LogP contribution >= 0.6 is 0 Å². The average Bonchev–Trinajstić information content (AvgIpc) is 3.32. The number of amides is 8. The van der Waals surface area contributed by atoms with Crippen LogP contribution in [0.15, 0.2) is 0 Å². The molecule has 0 fully saturated rings. The maximum absolute atomic E-state index is 13.8. The summed E-state index contributed by atoms with van der Waals surface area (Å²) in [7, 11) is 0. The third kappa shape index (κ3) is 27.7. The molecule has 0 bridgehead atoms. The highest BCUT2D eigenvalue weighted by Crippen LogP contribution is 2.11. The summed E-state index contributed by atoms with van der Waals surface area (Å²) in [5, 5.41) is 85.4. The van der Waals surface area contributed by atoms with Crippen LogP contribution in [0.25, 0.3) is 0 Å². The summed E-state index contributed by atoms with van der Waals surface area (Å²) in [4.78, 5) is 166. The number of nitrogens with one attached hydrogen (secondary N) is 8. The van der Waals surface area contributed by atoms with Gasteiger partial charge in [-0.3, -0.25) is 57.5 Å². The van der Waals surface area contributed by atoms with E-state index in [0.717, 1.165) is 6.92 Å². The first-order valence-corrected chi connectivity index (χ1v) is 24.1. The first-order valence-electron chi connectivity index (χ1n) is 24.1. The summed E-state index contributed by atoms with van der Waals surface area (Å²) in [6.45, 7) is 3.26. The van der Waals surface area contributed by atoms with Crippen LogP contribution in [0.4, 0.5) is 0 Å². The lowest BCUT2D eigenvalue weighted by atomic mass is 10.0. The second kappa shape index (κ2) is 36.0. The summed E-state index contributed by atoms with van der Waals surface area (Å²) >= 11 is 0. The Balaban J connectivity index is 6.56. The lowest BCUT2D eigenvalue weighted by molar-refractivity contribution is -0.143. The summed E-state index contributed by atoms with van der Waals surface area (Å²) in [5.41, 5.74) is 16.8. The number of carboxylic acids is 5. The molecule has 0 aromatic rings. The van der Waals surface area contributed by atoms with Crippen LogP contribution in [-0.4, -0.2) is 193 Å². The number of carbonyl (C=O) groups is 13. The molecule has 75 heavy (non-hydrogen) atoms. The molecule has 0 rings (SSSR count). The van der Waals surface area contributed by atoms with Gasteiger partial charge in [0.15, 0.2) is 0 Å². The van der Waals surface area contributed by atoms with Crippen molar-refractivity contribution < 1.29 is 98.1 Å². The van der Waals surface area contributed by atoms with Crippen molar-refractivity contribution in [2.45, 2.75) is 171 Å². The van der Waals surface area contributed by atoms with Gasteiger partial charge < -0.3 is 95.5 Å². The first kappa shape index (κ1) is 67.9. The SMILES string of the molecule is CC(C)[C@H](NC(=O)[C@H](CCC(=O)O)NC(=O)[C@H](CCC(=O)O)NC(=O)[C@@H](NC(=O)[C@H](CO)NC(=O)[C@H](CCC(=O)O)NC(=O)[C@H](CCC(=O)O)NC(=O)[C@@H](N)CCCCN)[C@@H](C)O)C(=O)N[C@@H](CCCCN)C(=O)O. The molecule has 0 aliphatic carbocycles. The minimum atomic E-state index is -2.08. The fourth-order valence-electron chi connectivity index (χ4n) is 6.80. The topological polar surface area (TPSA) is 538 Å². The minimum absolute atomic E-state index is 0.00830. The van der Waals surface area contributed by atoms with Crippen LogP contribution in [0.5, 0.6) is 0 Å². The predicted molar refractivity (Wildman–Crippen MR) is 258 cm³/mol. The Morgan fingerprint density at radius 3 is 1.04 bits per heavy atom. The second-order valence-corrected chi connectivity index (χ2v) is 17.8. The number of nitrogens with two attached hydrogens (primary N) is 3. The molecule has 426 valence electrons. The summed E-state index contributed by atoms with van der Waals surface area (Å²) in [6, 6.07) is -15.3. The highest BCUT2D eigenvalue weighted by molar-refractivity contribution is 5.98. The quantitative estimate of drug-likeness (QED) is 0.0254. The van der Waals surface area contributed by atoms with Gasteiger partial charge in [-0.15, -0.1) is 0 Å². The lowest BCUT2D eigenvalue weighted by Crippen LogP contribution is -2.62. The molecule has 0 aromatic carbocycles. The van der Waals surface area contributed by atoms with Crippen LogP contribution in [0.2, 0.25) is 0 Å². The molecule has 8 amide bonds. The van der Waals surface area contributed by atoms with E-state index in [-0.39, 0.29) is 19.4 Å². The van der Waals surface area contributed by atoms with Crippen LogP contribution in [0.1, 0.15) is 111 Å². The Kier molecular flexibility index (Phi) is 32.6. The van der Waals surface area contributed by atoms with Crippen LogP contribution in [0, 0.1) is 5.92 Å². The van der Waals surface area contributed by atoms with Crippen molar-refractivity contribution in [3.8, 4) is 0 Å². The Hall–Kier alpha value is -7.09. The molecular formula is C44H75N11O20. The number of hydrogen-bond donors (Lipinski definition) is 18. The molecule has 0 saturated carbocycles. The zero-order valence-electron chi connectivity index (χ0n) is 42.0. The summed E-state index contributed by atoms with van der Waals surface area (Å²) < 4.78 is 0. The van der Waals surface area contributed by atoms with E-state index in [9.17, 15) is 98.1 Å². The monoisotopic (exact) mass is 1080 g/mol. The average molecular weight is 1080 g/mol. The van der Waals surface area contributed by atoms with E-state index in [0.29, 0.717) is 32.2 Å². The fourth-order valence-corrected chi connectivity index (χ4v) is 6.80. The Morgan fingerprint density at radius 2 is 0.693 bits per heavy atom. The number of carboxylic acid groups (broad SMARTS) is 5. The molecule has 0 unspecified atom stereocenters. The maximum atomic E-state index is 13.8. The number of unbranched alkanes of at least 4 members (excludes halogenated alkanes) is 2. The van der Waals surface area contributed by atoms with Crippen molar-refractivity contribution in [3.05, 3.63) is 0 Å². The van der Waals surface area contributed by atoms with Crippen molar-refractivity contribution >= 4 is 77.1 Å². The number of rotatable bonds is 40. The van der Waals surface area contributed by atoms with Gasteiger partial charge in [0.2, 0.25) is 47.3 Å². The van der Waals surface area contributed by atoms with E-state index in [1.54, 1.807) is 0 Å². The standard InChI is InChI=1S/C44H75N11O20/c1-21(2)34(42(72)52-28(44(74)75)9-5-7-19-46)54-40(70)27(13-17-33(64)65)50-38(68)26(12-16-32(62)63)51-43(73)35(22(3)57)55-41(71)29(20-56)53-39(69)25(11-15-31(60)61)49-37(67)24(10-14-30(58)59)48-36(66)23(47)8-4-6-18-45/h21-29,34-35,56-57H,4-20,45-47H2,1-3H3,(H,48,66)(H,49,67)(H,50,68)(H,51,73)(H,52,72)(H,53,69)(H,54,70)(H,55,71)(H,58,59)(H,60,61)(H,62,63)(H,64,65)(H,74,75)/t22-,23+,24+,25+,26+,27+,28+,29+,34+,35+/m1/s1. The molecule has 10 atom stereocenters. The molecule has 0 aromatic heterocycles. The molecule has 0 radical (unpaired) electrons. The smallest absolute Gasteiger partial charge is 0.326 e. The number of aliphatic hydroxyl groups is 2. The third-order valence-corrected chi connectivity index (χ3v) is 11.1. The van der Waals surface area contributed by atoms with Crippen molar-refractivity contribution in [1.29, 1.82) is 0 Å². The molecule has 31 heteroatoms. The molecule has 0 spiro atoms. The van der Waals surface area contributed by atoms with Crippen LogP contribution in [-0.2, 0) is 62.3 Å². The van der Waals surface area contributed by atoms with Gasteiger partial charge in [-0.25, -0.2) is 4.79 Å². The van der Waals surface area contributed by atoms with Crippen molar-refractivity contribution in [3.63, 3.8) is 0 Å². The van der Waals surface area contributed by atoms with Crippen molar-refractivity contribution in [1.82, 2.24) is 42.5 Å². The lowest BCUT2D eigenvalue weighted by Gasteiger charge is -2.29. The highest BCUT2D eigenvalue weighted by Gasteiger charge is 2.37. The van der Waals surface area contributed by atoms with E-state index in [4.69, 9.17) is 17.2 Å².